The molecule has 1 saturated heterocycles. The van der Waals surface area contributed by atoms with Crippen LogP contribution in [0.1, 0.15) is 37.2 Å². The Morgan fingerprint density at radius 3 is 2.65 bits per heavy atom. The van der Waals surface area contributed by atoms with Crippen LogP contribution >= 0.6 is 0 Å². The number of carbonyl (C=O) groups is 1. The van der Waals surface area contributed by atoms with Gasteiger partial charge in [0.1, 0.15) is 11.5 Å². The summed E-state index contributed by atoms with van der Waals surface area (Å²) in [5.41, 5.74) is 5.99. The quantitative estimate of drug-likeness (QED) is 0.817. The third-order valence-electron chi connectivity index (χ3n) is 3.60. The van der Waals surface area contributed by atoms with Crippen molar-refractivity contribution in [2.45, 2.75) is 26.7 Å². The molecule has 0 bridgehead atoms. The lowest BCUT2D eigenvalue weighted by Crippen LogP contribution is -2.39. The van der Waals surface area contributed by atoms with E-state index in [1.165, 1.54) is 0 Å². The molecule has 0 radical (unpaired) electrons. The van der Waals surface area contributed by atoms with Gasteiger partial charge in [0.2, 0.25) is 0 Å². The molecule has 1 fully saturated rings. The first kappa shape index (κ1) is 12.0. The van der Waals surface area contributed by atoms with Crippen LogP contribution in [-0.2, 0) is 0 Å². The molecule has 94 valence electrons. The zero-order chi connectivity index (χ0) is 12.4. The second kappa shape index (κ2) is 4.77. The van der Waals surface area contributed by atoms with Crippen LogP contribution in [0, 0.1) is 11.8 Å². The fraction of sp³-hybridized carbons (Fsp3) is 0.667. The molecule has 3 N–H and O–H groups in total. The van der Waals surface area contributed by atoms with E-state index >= 15 is 0 Å². The molecule has 0 unspecified atom stereocenters. The number of anilines is 1. The van der Waals surface area contributed by atoms with Crippen molar-refractivity contribution in [3.8, 4) is 0 Å². The minimum absolute atomic E-state index is 0.0106. The SMILES string of the molecule is CC(C)C1CCN(C(=O)c2cc(N)n[nH]2)CC1. The van der Waals surface area contributed by atoms with Crippen LogP contribution < -0.4 is 5.73 Å². The van der Waals surface area contributed by atoms with Crippen molar-refractivity contribution in [1.82, 2.24) is 15.1 Å². The van der Waals surface area contributed by atoms with Crippen LogP contribution in [0.5, 0.6) is 0 Å². The first-order valence-corrected chi connectivity index (χ1v) is 6.18. The minimum Gasteiger partial charge on any atom is -0.382 e. The number of nitrogens with two attached hydrogens (primary N) is 1. The number of piperidine rings is 1. The van der Waals surface area contributed by atoms with Gasteiger partial charge in [-0.3, -0.25) is 9.89 Å². The van der Waals surface area contributed by atoms with E-state index in [-0.39, 0.29) is 5.91 Å². The number of rotatable bonds is 2. The summed E-state index contributed by atoms with van der Waals surface area (Å²) in [5.74, 6) is 1.82. The zero-order valence-corrected chi connectivity index (χ0v) is 10.4. The smallest absolute Gasteiger partial charge is 0.271 e. The monoisotopic (exact) mass is 236 g/mol. The van der Waals surface area contributed by atoms with Crippen LogP contribution in [0.25, 0.3) is 0 Å². The number of aromatic nitrogens is 2. The Balaban J connectivity index is 1.95. The van der Waals surface area contributed by atoms with Gasteiger partial charge in [-0.1, -0.05) is 13.8 Å². The zero-order valence-electron chi connectivity index (χ0n) is 10.4. The van der Waals surface area contributed by atoms with E-state index in [1.54, 1.807) is 6.07 Å². The molecule has 0 aromatic carbocycles. The normalized spacial score (nSPS) is 17.7. The number of nitrogens with zero attached hydrogens (tertiary/aromatic N) is 2. The van der Waals surface area contributed by atoms with E-state index in [0.29, 0.717) is 17.4 Å². The number of likely N-dealkylation sites (tertiary alicyclic amines) is 1. The summed E-state index contributed by atoms with van der Waals surface area (Å²) < 4.78 is 0. The summed E-state index contributed by atoms with van der Waals surface area (Å²) in [5, 5.41) is 6.45. The van der Waals surface area contributed by atoms with Crippen molar-refractivity contribution in [1.29, 1.82) is 0 Å². The summed E-state index contributed by atoms with van der Waals surface area (Å²) in [6, 6.07) is 1.59. The molecule has 5 nitrogen and oxygen atoms in total. The van der Waals surface area contributed by atoms with Crippen molar-refractivity contribution < 1.29 is 4.79 Å². The fourth-order valence-corrected chi connectivity index (χ4v) is 2.39. The summed E-state index contributed by atoms with van der Waals surface area (Å²) in [7, 11) is 0. The predicted octanol–water partition coefficient (Wildman–Crippen LogP) is 1.50. The van der Waals surface area contributed by atoms with Gasteiger partial charge in [0.05, 0.1) is 0 Å². The predicted molar refractivity (Wildman–Crippen MR) is 66.5 cm³/mol. The Kier molecular flexibility index (Phi) is 3.36. The second-order valence-corrected chi connectivity index (χ2v) is 5.08. The van der Waals surface area contributed by atoms with Crippen molar-refractivity contribution in [3.05, 3.63) is 11.8 Å². The highest BCUT2D eigenvalue weighted by Gasteiger charge is 2.25. The molecule has 1 aromatic rings. The highest BCUT2D eigenvalue weighted by molar-refractivity contribution is 5.93. The lowest BCUT2D eigenvalue weighted by molar-refractivity contribution is 0.0662. The van der Waals surface area contributed by atoms with Crippen molar-refractivity contribution in [2.24, 2.45) is 11.8 Å². The molecule has 1 aliphatic heterocycles. The topological polar surface area (TPSA) is 75.0 Å². The van der Waals surface area contributed by atoms with Crippen molar-refractivity contribution >= 4 is 11.7 Å². The van der Waals surface area contributed by atoms with E-state index in [2.05, 4.69) is 24.0 Å². The Morgan fingerprint density at radius 2 is 2.18 bits per heavy atom. The first-order valence-electron chi connectivity index (χ1n) is 6.18. The molecule has 0 spiro atoms. The van der Waals surface area contributed by atoms with Gasteiger partial charge in [0, 0.05) is 19.2 Å². The van der Waals surface area contributed by atoms with Gasteiger partial charge in [0.15, 0.2) is 0 Å². The molecule has 2 rings (SSSR count). The summed E-state index contributed by atoms with van der Waals surface area (Å²) in [6.45, 7) is 6.16. The average molecular weight is 236 g/mol. The maximum absolute atomic E-state index is 12.1. The number of nitrogens with one attached hydrogen (secondary N) is 1. The van der Waals surface area contributed by atoms with Crippen LogP contribution in [0.2, 0.25) is 0 Å². The number of amides is 1. The first-order chi connectivity index (χ1) is 8.08. The second-order valence-electron chi connectivity index (χ2n) is 5.08. The molecule has 1 aromatic heterocycles. The summed E-state index contributed by atoms with van der Waals surface area (Å²) in [4.78, 5) is 14.0. The van der Waals surface area contributed by atoms with E-state index in [1.807, 2.05) is 4.90 Å². The standard InChI is InChI=1S/C12H20N4O/c1-8(2)9-3-5-16(6-4-9)12(17)10-7-11(13)15-14-10/h7-9H,3-6H2,1-2H3,(H3,13,14,15). The highest BCUT2D eigenvalue weighted by atomic mass is 16.2. The molecule has 0 aliphatic carbocycles. The van der Waals surface area contributed by atoms with E-state index < -0.39 is 0 Å². The molecular formula is C12H20N4O. The number of aromatic amines is 1. The molecular weight excluding hydrogens is 216 g/mol. The lowest BCUT2D eigenvalue weighted by Gasteiger charge is -2.33. The number of hydrogen-bond donors (Lipinski definition) is 2. The summed E-state index contributed by atoms with van der Waals surface area (Å²) in [6.07, 6.45) is 2.18. The molecule has 5 heteroatoms. The maximum Gasteiger partial charge on any atom is 0.271 e. The minimum atomic E-state index is 0.0106. The van der Waals surface area contributed by atoms with Gasteiger partial charge < -0.3 is 10.6 Å². The van der Waals surface area contributed by atoms with E-state index in [4.69, 9.17) is 5.73 Å². The Bertz CT molecular complexity index is 391. The van der Waals surface area contributed by atoms with Gasteiger partial charge in [-0.25, -0.2) is 0 Å². The van der Waals surface area contributed by atoms with Crippen molar-refractivity contribution in [3.63, 3.8) is 0 Å². The van der Waals surface area contributed by atoms with E-state index in [0.717, 1.165) is 31.8 Å². The largest absolute Gasteiger partial charge is 0.382 e. The van der Waals surface area contributed by atoms with Gasteiger partial charge in [0.25, 0.3) is 5.91 Å². The number of nitrogen functional groups attached to an aromatic ring is 1. The van der Waals surface area contributed by atoms with Crippen LogP contribution in [0.4, 0.5) is 5.82 Å². The molecule has 0 atom stereocenters. The highest BCUT2D eigenvalue weighted by Crippen LogP contribution is 2.25. The number of hydrogen-bond acceptors (Lipinski definition) is 3. The molecule has 17 heavy (non-hydrogen) atoms. The molecule has 2 heterocycles. The van der Waals surface area contributed by atoms with Crippen LogP contribution in [0.3, 0.4) is 0 Å². The van der Waals surface area contributed by atoms with Gasteiger partial charge in [-0.05, 0) is 24.7 Å². The molecule has 1 amide bonds. The Hall–Kier alpha value is -1.52. The Labute approximate surface area is 101 Å². The summed E-state index contributed by atoms with van der Waals surface area (Å²) >= 11 is 0. The molecule has 0 saturated carbocycles. The van der Waals surface area contributed by atoms with Gasteiger partial charge in [-0.2, -0.15) is 5.10 Å². The van der Waals surface area contributed by atoms with Crippen LogP contribution in [0.15, 0.2) is 6.07 Å². The molecule has 1 aliphatic rings. The van der Waals surface area contributed by atoms with Gasteiger partial charge >= 0.3 is 0 Å². The third kappa shape index (κ3) is 2.60. The number of H-pyrrole nitrogens is 1. The number of carbonyl (C=O) groups excluding carboxylic acids is 1. The average Bonchev–Trinajstić information content (AvgIpc) is 2.75. The van der Waals surface area contributed by atoms with E-state index in [9.17, 15) is 4.79 Å². The Morgan fingerprint density at radius 1 is 1.53 bits per heavy atom. The van der Waals surface area contributed by atoms with Crippen molar-refractivity contribution in [2.75, 3.05) is 18.8 Å². The van der Waals surface area contributed by atoms with Gasteiger partial charge in [-0.15, -0.1) is 0 Å². The third-order valence-corrected chi connectivity index (χ3v) is 3.60. The fourth-order valence-electron chi connectivity index (χ4n) is 2.39. The van der Waals surface area contributed by atoms with Crippen LogP contribution in [-0.4, -0.2) is 34.1 Å². The maximum atomic E-state index is 12.1. The lowest BCUT2D eigenvalue weighted by atomic mass is 9.86.